The number of amides is 1. The van der Waals surface area contributed by atoms with Gasteiger partial charge in [-0.05, 0) is 56.1 Å². The van der Waals surface area contributed by atoms with Crippen LogP contribution in [-0.2, 0) is 11.2 Å². The summed E-state index contributed by atoms with van der Waals surface area (Å²) in [6.45, 7) is 6.52. The summed E-state index contributed by atoms with van der Waals surface area (Å²) in [5.74, 6) is 1.40. The minimum Gasteiger partial charge on any atom is -0.353 e. The minimum absolute atomic E-state index is 0. The molecule has 2 unspecified atom stereocenters. The van der Waals surface area contributed by atoms with Crippen LogP contribution in [0.5, 0.6) is 0 Å². The molecule has 2 rings (SSSR count). The highest BCUT2D eigenvalue weighted by Crippen LogP contribution is 2.24. The van der Waals surface area contributed by atoms with Gasteiger partial charge in [-0.15, -0.1) is 23.7 Å². The van der Waals surface area contributed by atoms with Gasteiger partial charge < -0.3 is 10.6 Å². The van der Waals surface area contributed by atoms with E-state index in [4.69, 9.17) is 0 Å². The van der Waals surface area contributed by atoms with Crippen molar-refractivity contribution in [3.05, 3.63) is 22.4 Å². The molecule has 2 heterocycles. The zero-order valence-electron chi connectivity index (χ0n) is 12.9. The zero-order chi connectivity index (χ0) is 14.4. The first-order valence-corrected chi connectivity index (χ1v) is 8.55. The van der Waals surface area contributed by atoms with Crippen molar-refractivity contribution in [2.24, 2.45) is 11.8 Å². The van der Waals surface area contributed by atoms with Crippen LogP contribution in [0.3, 0.4) is 0 Å². The van der Waals surface area contributed by atoms with Gasteiger partial charge in [0.25, 0.3) is 0 Å². The predicted octanol–water partition coefficient (Wildman–Crippen LogP) is 3.24. The molecule has 1 aliphatic heterocycles. The smallest absolute Gasteiger partial charge is 0.220 e. The molecule has 1 amide bonds. The number of carbonyl (C=O) groups is 1. The molecule has 1 aromatic heterocycles. The third kappa shape index (κ3) is 6.37. The van der Waals surface area contributed by atoms with Crippen LogP contribution in [0.25, 0.3) is 0 Å². The van der Waals surface area contributed by atoms with Gasteiger partial charge in [0.1, 0.15) is 0 Å². The van der Waals surface area contributed by atoms with Crippen molar-refractivity contribution in [2.75, 3.05) is 13.1 Å². The Kier molecular flexibility index (Phi) is 8.30. The van der Waals surface area contributed by atoms with Gasteiger partial charge in [-0.1, -0.05) is 13.0 Å². The lowest BCUT2D eigenvalue weighted by atomic mass is 9.84. The standard InChI is InChI=1S/C16H26N2OS.ClH/c1-12(14-5-7-17-8-6-14)10-16(19)18-13(2)11-15-4-3-9-20-15;/h3-4,9,12-14,17H,5-8,10-11H2,1-2H3,(H,18,19);1H. The highest BCUT2D eigenvalue weighted by atomic mass is 35.5. The van der Waals surface area contributed by atoms with Crippen molar-refractivity contribution in [3.63, 3.8) is 0 Å². The summed E-state index contributed by atoms with van der Waals surface area (Å²) in [6.07, 6.45) is 4.02. The summed E-state index contributed by atoms with van der Waals surface area (Å²) >= 11 is 1.76. The molecule has 0 spiro atoms. The van der Waals surface area contributed by atoms with Crippen molar-refractivity contribution in [2.45, 2.75) is 45.6 Å². The van der Waals surface area contributed by atoms with Gasteiger partial charge in [0.15, 0.2) is 0 Å². The van der Waals surface area contributed by atoms with Gasteiger partial charge in [-0.3, -0.25) is 4.79 Å². The molecular weight excluding hydrogens is 304 g/mol. The number of hydrogen-bond donors (Lipinski definition) is 2. The maximum Gasteiger partial charge on any atom is 0.220 e. The summed E-state index contributed by atoms with van der Waals surface area (Å²) in [4.78, 5) is 13.4. The molecule has 0 bridgehead atoms. The highest BCUT2D eigenvalue weighted by molar-refractivity contribution is 7.09. The zero-order valence-corrected chi connectivity index (χ0v) is 14.6. The van der Waals surface area contributed by atoms with Gasteiger partial charge >= 0.3 is 0 Å². The van der Waals surface area contributed by atoms with Gasteiger partial charge in [-0.25, -0.2) is 0 Å². The summed E-state index contributed by atoms with van der Waals surface area (Å²) in [5.41, 5.74) is 0. The van der Waals surface area contributed by atoms with Crippen LogP contribution < -0.4 is 10.6 Å². The number of carbonyl (C=O) groups excluding carboxylic acids is 1. The largest absolute Gasteiger partial charge is 0.353 e. The average molecular weight is 331 g/mol. The molecule has 1 aliphatic rings. The number of nitrogens with one attached hydrogen (secondary N) is 2. The maximum atomic E-state index is 12.1. The first-order chi connectivity index (χ1) is 9.65. The van der Waals surface area contributed by atoms with Crippen molar-refractivity contribution >= 4 is 29.7 Å². The van der Waals surface area contributed by atoms with E-state index in [2.05, 4.69) is 42.0 Å². The van der Waals surface area contributed by atoms with Crippen LogP contribution in [0.4, 0.5) is 0 Å². The van der Waals surface area contributed by atoms with E-state index in [-0.39, 0.29) is 24.4 Å². The summed E-state index contributed by atoms with van der Waals surface area (Å²) < 4.78 is 0. The Bertz CT molecular complexity index is 404. The van der Waals surface area contributed by atoms with Crippen LogP contribution in [0.1, 0.15) is 38.0 Å². The van der Waals surface area contributed by atoms with Crippen LogP contribution in [-0.4, -0.2) is 25.0 Å². The Hall–Kier alpha value is -0.580. The normalized spacial score (nSPS) is 18.6. The third-order valence-electron chi connectivity index (χ3n) is 4.19. The van der Waals surface area contributed by atoms with E-state index in [0.717, 1.165) is 19.5 Å². The predicted molar refractivity (Wildman–Crippen MR) is 92.3 cm³/mol. The Morgan fingerprint density at radius 1 is 1.43 bits per heavy atom. The number of thiophene rings is 1. The third-order valence-corrected chi connectivity index (χ3v) is 5.09. The number of piperidine rings is 1. The second kappa shape index (κ2) is 9.44. The lowest BCUT2D eigenvalue weighted by Gasteiger charge is -2.28. The minimum atomic E-state index is 0. The molecule has 2 N–H and O–H groups in total. The molecule has 120 valence electrons. The Morgan fingerprint density at radius 2 is 2.14 bits per heavy atom. The molecule has 0 aromatic carbocycles. The fraction of sp³-hybridized carbons (Fsp3) is 0.688. The summed E-state index contributed by atoms with van der Waals surface area (Å²) in [5, 5.41) is 8.61. The lowest BCUT2D eigenvalue weighted by Crippen LogP contribution is -2.37. The van der Waals surface area contributed by atoms with E-state index in [1.807, 2.05) is 0 Å². The van der Waals surface area contributed by atoms with Crippen LogP contribution in [0.15, 0.2) is 17.5 Å². The van der Waals surface area contributed by atoms with Gasteiger partial charge in [-0.2, -0.15) is 0 Å². The molecule has 21 heavy (non-hydrogen) atoms. The van der Waals surface area contributed by atoms with E-state index in [1.165, 1.54) is 17.7 Å². The molecule has 1 aromatic rings. The molecule has 0 aliphatic carbocycles. The fourth-order valence-corrected chi connectivity index (χ4v) is 3.82. The fourth-order valence-electron chi connectivity index (χ4n) is 2.99. The van der Waals surface area contributed by atoms with Crippen molar-refractivity contribution in [3.8, 4) is 0 Å². The molecule has 2 atom stereocenters. The number of halogens is 1. The monoisotopic (exact) mass is 330 g/mol. The highest BCUT2D eigenvalue weighted by Gasteiger charge is 2.22. The van der Waals surface area contributed by atoms with Gasteiger partial charge in [0.2, 0.25) is 5.91 Å². The van der Waals surface area contributed by atoms with Crippen molar-refractivity contribution in [1.29, 1.82) is 0 Å². The molecule has 1 fully saturated rings. The van der Waals surface area contributed by atoms with Gasteiger partial charge in [0, 0.05) is 23.8 Å². The van der Waals surface area contributed by atoms with E-state index >= 15 is 0 Å². The van der Waals surface area contributed by atoms with E-state index in [0.29, 0.717) is 18.3 Å². The molecule has 5 heteroatoms. The number of hydrogen-bond acceptors (Lipinski definition) is 3. The van der Waals surface area contributed by atoms with Crippen molar-refractivity contribution < 1.29 is 4.79 Å². The second-order valence-electron chi connectivity index (χ2n) is 6.02. The SMILES string of the molecule is CC(Cc1cccs1)NC(=O)CC(C)C1CCNCC1.Cl. The van der Waals surface area contributed by atoms with Crippen LogP contribution in [0, 0.1) is 11.8 Å². The van der Waals surface area contributed by atoms with E-state index in [1.54, 1.807) is 11.3 Å². The topological polar surface area (TPSA) is 41.1 Å². The Balaban J connectivity index is 0.00000220. The molecular formula is C16H27ClN2OS. The Labute approximate surface area is 138 Å². The first-order valence-electron chi connectivity index (χ1n) is 7.67. The second-order valence-corrected chi connectivity index (χ2v) is 7.05. The molecule has 0 saturated carbocycles. The lowest BCUT2D eigenvalue weighted by molar-refractivity contribution is -0.122. The van der Waals surface area contributed by atoms with Crippen LogP contribution >= 0.6 is 23.7 Å². The summed E-state index contributed by atoms with van der Waals surface area (Å²) in [6, 6.07) is 4.42. The van der Waals surface area contributed by atoms with Crippen molar-refractivity contribution in [1.82, 2.24) is 10.6 Å². The van der Waals surface area contributed by atoms with Gasteiger partial charge in [0.05, 0.1) is 0 Å². The van der Waals surface area contributed by atoms with E-state index < -0.39 is 0 Å². The van der Waals surface area contributed by atoms with E-state index in [9.17, 15) is 4.79 Å². The maximum absolute atomic E-state index is 12.1. The molecule has 1 saturated heterocycles. The molecule has 0 radical (unpaired) electrons. The Morgan fingerprint density at radius 3 is 2.76 bits per heavy atom. The quantitative estimate of drug-likeness (QED) is 0.840. The number of rotatable bonds is 6. The molecule has 3 nitrogen and oxygen atoms in total. The average Bonchev–Trinajstić information content (AvgIpc) is 2.92. The first kappa shape index (κ1) is 18.5. The summed E-state index contributed by atoms with van der Waals surface area (Å²) in [7, 11) is 0. The van der Waals surface area contributed by atoms with Crippen LogP contribution in [0.2, 0.25) is 0 Å².